The maximum Gasteiger partial charge on any atom is 0.416 e. The van der Waals surface area contributed by atoms with E-state index in [1.54, 1.807) is 24.1 Å². The molecule has 0 unspecified atom stereocenters. The Labute approximate surface area is 177 Å². The molecule has 0 aliphatic heterocycles. The second-order valence-corrected chi connectivity index (χ2v) is 6.71. The smallest absolute Gasteiger partial charge is 0.416 e. The first-order valence-electron chi connectivity index (χ1n) is 9.50. The minimum Gasteiger partial charge on any atom is -0.497 e. The third kappa shape index (κ3) is 4.99. The number of methoxy groups -OCH3 is 2. The van der Waals surface area contributed by atoms with Crippen molar-refractivity contribution in [2.24, 2.45) is 0 Å². The van der Waals surface area contributed by atoms with Crippen LogP contribution in [0.1, 0.15) is 28.5 Å². The van der Waals surface area contributed by atoms with E-state index in [-0.39, 0.29) is 23.0 Å². The normalized spacial score (nSPS) is 11.3. The van der Waals surface area contributed by atoms with Gasteiger partial charge in [0.25, 0.3) is 5.91 Å². The van der Waals surface area contributed by atoms with Crippen molar-refractivity contribution in [3.05, 3.63) is 71.5 Å². The molecule has 0 aliphatic carbocycles. The van der Waals surface area contributed by atoms with Crippen molar-refractivity contribution in [2.75, 3.05) is 20.8 Å². The van der Waals surface area contributed by atoms with Gasteiger partial charge in [-0.05, 0) is 42.8 Å². The molecule has 1 aromatic heterocycles. The standard InChI is InChI=1S/C22H22F3N3O3/c1-4-27(13-15-8-10-18(30-2)11-9-15)21(29)20-19(31-3)14-28(26-20)17-7-5-6-16(12-17)22(23,24)25/h5-12,14H,4,13H2,1-3H3. The number of alkyl halides is 3. The lowest BCUT2D eigenvalue weighted by Crippen LogP contribution is -2.31. The minimum atomic E-state index is -4.48. The van der Waals surface area contributed by atoms with Gasteiger partial charge < -0.3 is 14.4 Å². The summed E-state index contributed by atoms with van der Waals surface area (Å²) in [6.07, 6.45) is -3.09. The Hall–Kier alpha value is -3.49. The Morgan fingerprint density at radius 2 is 1.81 bits per heavy atom. The van der Waals surface area contributed by atoms with E-state index in [0.29, 0.717) is 18.8 Å². The van der Waals surface area contributed by atoms with Crippen molar-refractivity contribution in [1.29, 1.82) is 0 Å². The zero-order chi connectivity index (χ0) is 22.6. The average molecular weight is 433 g/mol. The Kier molecular flexibility index (Phi) is 6.53. The summed E-state index contributed by atoms with van der Waals surface area (Å²) >= 11 is 0. The lowest BCUT2D eigenvalue weighted by atomic mass is 10.2. The topological polar surface area (TPSA) is 56.6 Å². The third-order valence-electron chi connectivity index (χ3n) is 4.74. The van der Waals surface area contributed by atoms with Gasteiger partial charge in [-0.1, -0.05) is 18.2 Å². The zero-order valence-corrected chi connectivity index (χ0v) is 17.3. The SMILES string of the molecule is CCN(Cc1ccc(OC)cc1)C(=O)c1nn(-c2cccc(C(F)(F)F)c2)cc1OC. The number of nitrogens with zero attached hydrogens (tertiary/aromatic N) is 3. The second kappa shape index (κ2) is 9.11. The van der Waals surface area contributed by atoms with Crippen LogP contribution in [0.3, 0.4) is 0 Å². The van der Waals surface area contributed by atoms with E-state index in [4.69, 9.17) is 9.47 Å². The van der Waals surface area contributed by atoms with Gasteiger partial charge in [-0.3, -0.25) is 4.79 Å². The van der Waals surface area contributed by atoms with Gasteiger partial charge in [-0.25, -0.2) is 4.68 Å². The van der Waals surface area contributed by atoms with E-state index in [2.05, 4.69) is 5.10 Å². The Morgan fingerprint density at radius 3 is 2.39 bits per heavy atom. The highest BCUT2D eigenvalue weighted by atomic mass is 19.4. The van der Waals surface area contributed by atoms with Crippen LogP contribution in [0, 0.1) is 0 Å². The van der Waals surface area contributed by atoms with E-state index in [1.165, 1.54) is 30.1 Å². The van der Waals surface area contributed by atoms with E-state index in [1.807, 2.05) is 19.1 Å². The zero-order valence-electron chi connectivity index (χ0n) is 17.3. The molecule has 0 saturated heterocycles. The molecule has 0 bridgehead atoms. The van der Waals surface area contributed by atoms with Gasteiger partial charge >= 0.3 is 6.18 Å². The minimum absolute atomic E-state index is 0.0234. The van der Waals surface area contributed by atoms with Crippen LogP contribution in [0.2, 0.25) is 0 Å². The largest absolute Gasteiger partial charge is 0.497 e. The Bertz CT molecular complexity index is 1050. The van der Waals surface area contributed by atoms with Crippen LogP contribution < -0.4 is 9.47 Å². The van der Waals surface area contributed by atoms with Crippen LogP contribution in [0.4, 0.5) is 13.2 Å². The van der Waals surface area contributed by atoms with Crippen molar-refractivity contribution in [2.45, 2.75) is 19.6 Å². The monoisotopic (exact) mass is 433 g/mol. The molecule has 31 heavy (non-hydrogen) atoms. The Balaban J connectivity index is 1.89. The van der Waals surface area contributed by atoms with Gasteiger partial charge in [0, 0.05) is 13.1 Å². The molecule has 0 aliphatic rings. The number of benzene rings is 2. The molecule has 0 radical (unpaired) electrons. The maximum atomic E-state index is 13.1. The third-order valence-corrected chi connectivity index (χ3v) is 4.74. The number of ether oxygens (including phenoxy) is 2. The molecule has 3 rings (SSSR count). The van der Waals surface area contributed by atoms with Crippen molar-refractivity contribution in [3.63, 3.8) is 0 Å². The molecule has 0 spiro atoms. The lowest BCUT2D eigenvalue weighted by molar-refractivity contribution is -0.137. The van der Waals surface area contributed by atoms with Gasteiger partial charge in [-0.2, -0.15) is 18.3 Å². The first-order valence-corrected chi connectivity index (χ1v) is 9.50. The molecule has 2 aromatic carbocycles. The molecular weight excluding hydrogens is 411 g/mol. The molecule has 6 nitrogen and oxygen atoms in total. The van der Waals surface area contributed by atoms with Gasteiger partial charge in [0.05, 0.1) is 31.7 Å². The number of halogens is 3. The van der Waals surface area contributed by atoms with Crippen molar-refractivity contribution in [3.8, 4) is 17.2 Å². The van der Waals surface area contributed by atoms with E-state index in [9.17, 15) is 18.0 Å². The number of aromatic nitrogens is 2. The second-order valence-electron chi connectivity index (χ2n) is 6.71. The molecule has 0 atom stereocenters. The Morgan fingerprint density at radius 1 is 1.10 bits per heavy atom. The van der Waals surface area contributed by atoms with Crippen LogP contribution >= 0.6 is 0 Å². The van der Waals surface area contributed by atoms with Crippen LogP contribution in [-0.4, -0.2) is 41.4 Å². The van der Waals surface area contributed by atoms with Gasteiger partial charge in [-0.15, -0.1) is 0 Å². The van der Waals surface area contributed by atoms with Gasteiger partial charge in [0.2, 0.25) is 0 Å². The van der Waals surface area contributed by atoms with E-state index >= 15 is 0 Å². The van der Waals surface area contributed by atoms with Crippen molar-refractivity contribution >= 4 is 5.91 Å². The molecular formula is C22H22F3N3O3. The fourth-order valence-corrected chi connectivity index (χ4v) is 3.04. The molecule has 0 N–H and O–H groups in total. The highest BCUT2D eigenvalue weighted by Gasteiger charge is 2.31. The predicted molar refractivity (Wildman–Crippen MR) is 109 cm³/mol. The summed E-state index contributed by atoms with van der Waals surface area (Å²) in [6.45, 7) is 2.57. The molecule has 164 valence electrons. The number of rotatable bonds is 7. The summed E-state index contributed by atoms with van der Waals surface area (Å²) in [5, 5.41) is 4.23. The number of carbonyl (C=O) groups excluding carboxylic acids is 1. The number of amides is 1. The van der Waals surface area contributed by atoms with E-state index < -0.39 is 11.7 Å². The lowest BCUT2D eigenvalue weighted by Gasteiger charge is -2.20. The summed E-state index contributed by atoms with van der Waals surface area (Å²) in [6, 6.07) is 12.0. The van der Waals surface area contributed by atoms with Crippen LogP contribution in [-0.2, 0) is 12.7 Å². The summed E-state index contributed by atoms with van der Waals surface area (Å²) < 4.78 is 50.8. The average Bonchev–Trinajstić information content (AvgIpc) is 3.21. The van der Waals surface area contributed by atoms with Gasteiger partial charge in [0.15, 0.2) is 11.4 Å². The number of hydrogen-bond acceptors (Lipinski definition) is 4. The molecule has 1 amide bonds. The molecule has 0 saturated carbocycles. The molecule has 1 heterocycles. The summed E-state index contributed by atoms with van der Waals surface area (Å²) in [4.78, 5) is 14.7. The highest BCUT2D eigenvalue weighted by molar-refractivity contribution is 5.95. The fourth-order valence-electron chi connectivity index (χ4n) is 3.04. The maximum absolute atomic E-state index is 13.1. The van der Waals surface area contributed by atoms with Crippen LogP contribution in [0.25, 0.3) is 5.69 Å². The quantitative estimate of drug-likeness (QED) is 0.548. The first kappa shape index (κ1) is 22.2. The van der Waals surface area contributed by atoms with Crippen molar-refractivity contribution < 1.29 is 27.4 Å². The summed E-state index contributed by atoms with van der Waals surface area (Å²) in [7, 11) is 2.95. The highest BCUT2D eigenvalue weighted by Crippen LogP contribution is 2.31. The first-order chi connectivity index (χ1) is 14.8. The number of hydrogen-bond donors (Lipinski definition) is 0. The van der Waals surface area contributed by atoms with Crippen molar-refractivity contribution in [1.82, 2.24) is 14.7 Å². The van der Waals surface area contributed by atoms with Crippen LogP contribution in [0.15, 0.2) is 54.7 Å². The molecule has 0 fully saturated rings. The van der Waals surface area contributed by atoms with Gasteiger partial charge in [0.1, 0.15) is 5.75 Å². The number of carbonyl (C=O) groups is 1. The predicted octanol–water partition coefficient (Wildman–Crippen LogP) is 4.57. The summed E-state index contributed by atoms with van der Waals surface area (Å²) in [5.74, 6) is 0.496. The fraction of sp³-hybridized carbons (Fsp3) is 0.273. The molecule has 3 aromatic rings. The van der Waals surface area contributed by atoms with E-state index in [0.717, 1.165) is 17.7 Å². The molecule has 9 heteroatoms. The summed E-state index contributed by atoms with van der Waals surface area (Å²) in [5.41, 5.74) is 0.287. The van der Waals surface area contributed by atoms with Crippen LogP contribution in [0.5, 0.6) is 11.5 Å².